The Bertz CT molecular complexity index is 962. The van der Waals surface area contributed by atoms with Crippen LogP contribution in [0.25, 0.3) is 11.7 Å². The molecule has 0 aliphatic carbocycles. The van der Waals surface area contributed by atoms with E-state index in [0.29, 0.717) is 50.3 Å². The van der Waals surface area contributed by atoms with Crippen LogP contribution in [-0.4, -0.2) is 49.1 Å². The van der Waals surface area contributed by atoms with Gasteiger partial charge in [-0.1, -0.05) is 30.3 Å². The van der Waals surface area contributed by atoms with Gasteiger partial charge in [-0.2, -0.15) is 4.31 Å². The number of benzene rings is 1. The Hall–Kier alpha value is -2.49. The van der Waals surface area contributed by atoms with Gasteiger partial charge in [0.05, 0.1) is 38.2 Å². The summed E-state index contributed by atoms with van der Waals surface area (Å²) in [5.74, 6) is 1.47. The van der Waals surface area contributed by atoms with Crippen molar-refractivity contribution in [3.05, 3.63) is 60.2 Å². The molecule has 0 spiro atoms. The van der Waals surface area contributed by atoms with E-state index in [1.807, 2.05) is 30.3 Å². The molecule has 1 aromatic carbocycles. The van der Waals surface area contributed by atoms with Gasteiger partial charge in [0.25, 0.3) is 11.8 Å². The first-order valence-electron chi connectivity index (χ1n) is 8.82. The Balaban J connectivity index is 1.32. The van der Waals surface area contributed by atoms with Crippen LogP contribution in [0.15, 0.2) is 57.6 Å². The van der Waals surface area contributed by atoms with Gasteiger partial charge in [-0.15, -0.1) is 10.2 Å². The van der Waals surface area contributed by atoms with Gasteiger partial charge in [-0.25, -0.2) is 8.42 Å². The second-order valence-electron chi connectivity index (χ2n) is 6.55. The molecule has 2 aromatic heterocycles. The van der Waals surface area contributed by atoms with E-state index in [4.69, 9.17) is 8.83 Å². The third-order valence-corrected chi connectivity index (χ3v) is 6.46. The van der Waals surface area contributed by atoms with Gasteiger partial charge in [0.15, 0.2) is 12.3 Å². The normalized spacial score (nSPS) is 16.6. The third-order valence-electron chi connectivity index (χ3n) is 4.61. The lowest BCUT2D eigenvalue weighted by molar-refractivity contribution is -0.918. The summed E-state index contributed by atoms with van der Waals surface area (Å²) in [4.78, 5) is 1.22. The summed E-state index contributed by atoms with van der Waals surface area (Å²) in [6.45, 7) is 2.95. The van der Waals surface area contributed by atoms with Crippen molar-refractivity contribution in [2.45, 2.75) is 12.3 Å². The van der Waals surface area contributed by atoms with Crippen molar-refractivity contribution in [1.82, 2.24) is 14.5 Å². The smallest absolute Gasteiger partial charge is 0.283 e. The SMILES string of the molecule is O=S(=O)(Cc1ccccc1)N1CC[NH+](Cc2nnc(-c3ccco3)o2)CC1. The molecule has 3 heterocycles. The van der Waals surface area contributed by atoms with Crippen LogP contribution in [0, 0.1) is 0 Å². The minimum Gasteiger partial charge on any atom is -0.459 e. The van der Waals surface area contributed by atoms with Crippen molar-refractivity contribution in [1.29, 1.82) is 0 Å². The molecule has 3 aromatic rings. The molecular formula is C18H21N4O4S+. The van der Waals surface area contributed by atoms with Crippen LogP contribution < -0.4 is 4.90 Å². The van der Waals surface area contributed by atoms with E-state index in [0.717, 1.165) is 5.56 Å². The maximum absolute atomic E-state index is 12.6. The van der Waals surface area contributed by atoms with E-state index in [-0.39, 0.29) is 5.75 Å². The molecule has 1 aliphatic rings. The number of aromatic nitrogens is 2. The predicted molar refractivity (Wildman–Crippen MR) is 97.0 cm³/mol. The van der Waals surface area contributed by atoms with Gasteiger partial charge in [0.2, 0.25) is 10.0 Å². The molecule has 1 fully saturated rings. The Labute approximate surface area is 157 Å². The van der Waals surface area contributed by atoms with Crippen LogP contribution >= 0.6 is 0 Å². The summed E-state index contributed by atoms with van der Waals surface area (Å²) >= 11 is 0. The molecule has 9 heteroatoms. The predicted octanol–water partition coefficient (Wildman–Crippen LogP) is 0.560. The lowest BCUT2D eigenvalue weighted by Crippen LogP contribution is -3.13. The van der Waals surface area contributed by atoms with Gasteiger partial charge in [0, 0.05) is 0 Å². The van der Waals surface area contributed by atoms with Crippen LogP contribution in [0.1, 0.15) is 11.5 Å². The number of rotatable bonds is 6. The lowest BCUT2D eigenvalue weighted by Gasteiger charge is -2.30. The largest absolute Gasteiger partial charge is 0.459 e. The fraction of sp³-hybridized carbons (Fsp3) is 0.333. The average Bonchev–Trinajstić information content (AvgIpc) is 3.34. The average molecular weight is 389 g/mol. The highest BCUT2D eigenvalue weighted by molar-refractivity contribution is 7.88. The maximum Gasteiger partial charge on any atom is 0.283 e. The molecule has 0 saturated carbocycles. The fourth-order valence-electron chi connectivity index (χ4n) is 3.17. The van der Waals surface area contributed by atoms with E-state index in [1.165, 1.54) is 4.90 Å². The zero-order valence-corrected chi connectivity index (χ0v) is 15.6. The zero-order valence-electron chi connectivity index (χ0n) is 14.7. The number of hydrogen-bond donors (Lipinski definition) is 1. The monoisotopic (exact) mass is 389 g/mol. The Morgan fingerprint density at radius 3 is 2.52 bits per heavy atom. The van der Waals surface area contributed by atoms with E-state index in [2.05, 4.69) is 10.2 Å². The summed E-state index contributed by atoms with van der Waals surface area (Å²) in [7, 11) is -3.30. The van der Waals surface area contributed by atoms with Gasteiger partial charge in [-0.3, -0.25) is 0 Å². The van der Waals surface area contributed by atoms with Crippen molar-refractivity contribution in [2.75, 3.05) is 26.2 Å². The number of nitrogens with one attached hydrogen (secondary N) is 1. The summed E-state index contributed by atoms with van der Waals surface area (Å²) < 4.78 is 37.7. The van der Waals surface area contributed by atoms with Crippen molar-refractivity contribution in [2.24, 2.45) is 0 Å². The molecular weight excluding hydrogens is 368 g/mol. The Morgan fingerprint density at radius 1 is 1.04 bits per heavy atom. The summed E-state index contributed by atoms with van der Waals surface area (Å²) in [5.41, 5.74) is 0.809. The maximum atomic E-state index is 12.6. The highest BCUT2D eigenvalue weighted by Gasteiger charge is 2.30. The second-order valence-corrected chi connectivity index (χ2v) is 8.51. The van der Waals surface area contributed by atoms with Crippen LogP contribution in [0.4, 0.5) is 0 Å². The first-order valence-corrected chi connectivity index (χ1v) is 10.4. The number of nitrogens with zero attached hydrogens (tertiary/aromatic N) is 3. The number of quaternary nitrogens is 1. The molecule has 142 valence electrons. The standard InChI is InChI=1S/C18H20N4O4S/c23-27(24,14-15-5-2-1-3-6-15)22-10-8-21(9-11-22)13-17-19-20-18(26-17)16-7-4-12-25-16/h1-7,12H,8-11,13-14H2/p+1. The van der Waals surface area contributed by atoms with Gasteiger partial charge in [0.1, 0.15) is 0 Å². The number of sulfonamides is 1. The molecule has 0 radical (unpaired) electrons. The van der Waals surface area contributed by atoms with E-state index < -0.39 is 10.0 Å². The highest BCUT2D eigenvalue weighted by atomic mass is 32.2. The molecule has 4 rings (SSSR count). The highest BCUT2D eigenvalue weighted by Crippen LogP contribution is 2.17. The third kappa shape index (κ3) is 4.26. The fourth-order valence-corrected chi connectivity index (χ4v) is 4.71. The van der Waals surface area contributed by atoms with E-state index in [1.54, 1.807) is 22.7 Å². The molecule has 1 aliphatic heterocycles. The number of piperazine rings is 1. The van der Waals surface area contributed by atoms with Crippen LogP contribution in [-0.2, 0) is 22.3 Å². The minimum absolute atomic E-state index is 0.0410. The number of hydrogen-bond acceptors (Lipinski definition) is 6. The minimum atomic E-state index is -3.30. The summed E-state index contributed by atoms with van der Waals surface area (Å²) in [6, 6.07) is 12.8. The topological polar surface area (TPSA) is 93.9 Å². The van der Waals surface area contributed by atoms with E-state index >= 15 is 0 Å². The molecule has 27 heavy (non-hydrogen) atoms. The van der Waals surface area contributed by atoms with Crippen LogP contribution in [0.2, 0.25) is 0 Å². The first-order chi connectivity index (χ1) is 13.1. The summed E-state index contributed by atoms with van der Waals surface area (Å²) in [5, 5.41) is 8.06. The van der Waals surface area contributed by atoms with Crippen molar-refractivity contribution >= 4 is 10.0 Å². The van der Waals surface area contributed by atoms with Crippen molar-refractivity contribution < 1.29 is 22.2 Å². The van der Waals surface area contributed by atoms with Gasteiger partial charge in [-0.05, 0) is 17.7 Å². The molecule has 1 N–H and O–H groups in total. The first kappa shape index (κ1) is 17.9. The molecule has 8 nitrogen and oxygen atoms in total. The Kier molecular flexibility index (Phi) is 5.06. The summed E-state index contributed by atoms with van der Waals surface area (Å²) in [6.07, 6.45) is 1.56. The van der Waals surface area contributed by atoms with Crippen LogP contribution in [0.5, 0.6) is 0 Å². The molecule has 0 amide bonds. The molecule has 0 atom stereocenters. The van der Waals surface area contributed by atoms with Crippen molar-refractivity contribution in [3.8, 4) is 11.7 Å². The number of furan rings is 1. The van der Waals surface area contributed by atoms with Crippen LogP contribution in [0.3, 0.4) is 0 Å². The van der Waals surface area contributed by atoms with E-state index in [9.17, 15) is 8.42 Å². The zero-order chi connectivity index (χ0) is 18.7. The molecule has 1 saturated heterocycles. The van der Waals surface area contributed by atoms with Gasteiger partial charge >= 0.3 is 0 Å². The molecule has 0 unspecified atom stereocenters. The van der Waals surface area contributed by atoms with Crippen molar-refractivity contribution in [3.63, 3.8) is 0 Å². The lowest BCUT2D eigenvalue weighted by atomic mass is 10.2. The Morgan fingerprint density at radius 2 is 1.81 bits per heavy atom. The van der Waals surface area contributed by atoms with Gasteiger partial charge < -0.3 is 13.7 Å². The molecule has 0 bridgehead atoms. The quantitative estimate of drug-likeness (QED) is 0.662. The second kappa shape index (κ2) is 7.63.